The van der Waals surface area contributed by atoms with Crippen LogP contribution < -0.4 is 14.4 Å². The van der Waals surface area contributed by atoms with E-state index in [1.807, 2.05) is 4.90 Å². The lowest BCUT2D eigenvalue weighted by atomic mass is 9.81. The fraction of sp³-hybridized carbons (Fsp3) is 0.600. The van der Waals surface area contributed by atoms with Gasteiger partial charge in [-0.2, -0.15) is 0 Å². The Morgan fingerprint density at radius 3 is 2.72 bits per heavy atom. The molecule has 0 spiro atoms. The highest BCUT2D eigenvalue weighted by atomic mass is 16.7. The Morgan fingerprint density at radius 1 is 1.11 bits per heavy atom. The second kappa shape index (κ2) is 4.16. The van der Waals surface area contributed by atoms with Crippen molar-refractivity contribution in [1.82, 2.24) is 0 Å². The third kappa shape index (κ3) is 1.77. The number of fused-ring (bicyclic) bond motifs is 4. The molecule has 3 fully saturated rings. The van der Waals surface area contributed by atoms with Crippen molar-refractivity contribution in [3.63, 3.8) is 0 Å². The Hall–Kier alpha value is -1.22. The number of quaternary nitrogens is 1. The van der Waals surface area contributed by atoms with Crippen LogP contribution in [-0.2, 0) is 6.42 Å². The van der Waals surface area contributed by atoms with Gasteiger partial charge in [-0.05, 0) is 36.5 Å². The summed E-state index contributed by atoms with van der Waals surface area (Å²) >= 11 is 0. The summed E-state index contributed by atoms with van der Waals surface area (Å²) in [7, 11) is 0. The van der Waals surface area contributed by atoms with Crippen molar-refractivity contribution < 1.29 is 14.4 Å². The molecule has 0 radical (unpaired) electrons. The van der Waals surface area contributed by atoms with Crippen molar-refractivity contribution in [2.45, 2.75) is 31.7 Å². The zero-order valence-corrected chi connectivity index (χ0v) is 10.7. The van der Waals surface area contributed by atoms with Gasteiger partial charge in [-0.1, -0.05) is 6.07 Å². The number of ether oxygens (including phenoxy) is 2. The maximum Gasteiger partial charge on any atom is 0.231 e. The highest BCUT2D eigenvalue weighted by Crippen LogP contribution is 2.33. The van der Waals surface area contributed by atoms with Crippen molar-refractivity contribution in [2.24, 2.45) is 5.92 Å². The average Bonchev–Trinajstić information content (AvgIpc) is 2.87. The molecule has 0 amide bonds. The molecule has 0 aromatic heterocycles. The zero-order valence-electron chi connectivity index (χ0n) is 10.7. The van der Waals surface area contributed by atoms with E-state index in [0.29, 0.717) is 6.79 Å². The van der Waals surface area contributed by atoms with Gasteiger partial charge in [-0.3, -0.25) is 0 Å². The molecular weight excluding hydrogens is 226 g/mol. The summed E-state index contributed by atoms with van der Waals surface area (Å²) in [6.45, 7) is 3.15. The Morgan fingerprint density at radius 2 is 1.94 bits per heavy atom. The number of nitrogens with one attached hydrogen (secondary N) is 1. The smallest absolute Gasteiger partial charge is 0.231 e. The van der Waals surface area contributed by atoms with E-state index in [1.165, 1.54) is 44.3 Å². The summed E-state index contributed by atoms with van der Waals surface area (Å²) in [5, 5.41) is 0. The monoisotopic (exact) mass is 246 g/mol. The topological polar surface area (TPSA) is 22.9 Å². The van der Waals surface area contributed by atoms with E-state index in [2.05, 4.69) is 18.2 Å². The van der Waals surface area contributed by atoms with Gasteiger partial charge < -0.3 is 14.4 Å². The molecule has 18 heavy (non-hydrogen) atoms. The number of hydrogen-bond donors (Lipinski definition) is 1. The Kier molecular flexibility index (Phi) is 2.47. The first kappa shape index (κ1) is 10.7. The molecule has 3 heteroatoms. The number of rotatable bonds is 2. The molecule has 4 heterocycles. The van der Waals surface area contributed by atoms with Gasteiger partial charge in [0.1, 0.15) is 0 Å². The van der Waals surface area contributed by atoms with Crippen LogP contribution in [0.1, 0.15) is 24.8 Å². The molecule has 0 saturated carbocycles. The van der Waals surface area contributed by atoms with Crippen molar-refractivity contribution in [1.29, 1.82) is 0 Å². The molecule has 4 aliphatic heterocycles. The van der Waals surface area contributed by atoms with Crippen LogP contribution in [0.2, 0.25) is 0 Å². The summed E-state index contributed by atoms with van der Waals surface area (Å²) < 4.78 is 10.8. The molecule has 1 N–H and O–H groups in total. The standard InChI is InChI=1S/C15H19NO2/c1-2-14-15(18-10-17-14)9-12(1)8-13-7-11-3-5-16(13)6-4-11/h1-2,9,11,13H,3-8,10H2/p+1. The lowest BCUT2D eigenvalue weighted by Crippen LogP contribution is -3.18. The fourth-order valence-electron chi connectivity index (χ4n) is 3.84. The van der Waals surface area contributed by atoms with Crippen molar-refractivity contribution in [3.8, 4) is 11.5 Å². The van der Waals surface area contributed by atoms with Crippen LogP contribution in [0.4, 0.5) is 0 Å². The minimum atomic E-state index is 0.377. The molecule has 2 bridgehead atoms. The summed E-state index contributed by atoms with van der Waals surface area (Å²) in [6, 6.07) is 7.27. The molecule has 1 aromatic carbocycles. The minimum absolute atomic E-state index is 0.377. The first-order chi connectivity index (χ1) is 8.88. The third-order valence-corrected chi connectivity index (χ3v) is 4.86. The molecule has 0 aliphatic carbocycles. The Bertz CT molecular complexity index is 452. The highest BCUT2D eigenvalue weighted by Gasteiger charge is 2.37. The summed E-state index contributed by atoms with van der Waals surface area (Å²) in [4.78, 5) is 1.83. The molecular formula is C15H20NO2+. The normalized spacial score (nSPS) is 32.8. The van der Waals surface area contributed by atoms with Gasteiger partial charge in [0.2, 0.25) is 6.79 Å². The molecule has 5 rings (SSSR count). The fourth-order valence-corrected chi connectivity index (χ4v) is 3.84. The van der Waals surface area contributed by atoms with Crippen LogP contribution in [0.15, 0.2) is 18.2 Å². The summed E-state index contributed by atoms with van der Waals surface area (Å²) in [5.41, 5.74) is 1.41. The van der Waals surface area contributed by atoms with E-state index in [9.17, 15) is 0 Å². The van der Waals surface area contributed by atoms with Gasteiger partial charge in [-0.25, -0.2) is 0 Å². The van der Waals surface area contributed by atoms with Crippen LogP contribution in [-0.4, -0.2) is 25.9 Å². The second-order valence-corrected chi connectivity index (χ2v) is 5.93. The molecule has 1 aromatic rings. The highest BCUT2D eigenvalue weighted by molar-refractivity contribution is 5.44. The lowest BCUT2D eigenvalue weighted by Gasteiger charge is -2.42. The van der Waals surface area contributed by atoms with Crippen molar-refractivity contribution in [3.05, 3.63) is 23.8 Å². The van der Waals surface area contributed by atoms with Crippen LogP contribution in [0.25, 0.3) is 0 Å². The third-order valence-electron chi connectivity index (χ3n) is 4.86. The largest absolute Gasteiger partial charge is 0.454 e. The van der Waals surface area contributed by atoms with Gasteiger partial charge in [0.15, 0.2) is 11.5 Å². The van der Waals surface area contributed by atoms with Gasteiger partial charge in [0.05, 0.1) is 19.1 Å². The van der Waals surface area contributed by atoms with Gasteiger partial charge in [0, 0.05) is 12.8 Å². The molecule has 1 atom stereocenters. The van der Waals surface area contributed by atoms with Crippen LogP contribution in [0.5, 0.6) is 11.5 Å². The predicted octanol–water partition coefficient (Wildman–Crippen LogP) is 1.02. The Labute approximate surface area is 108 Å². The second-order valence-electron chi connectivity index (χ2n) is 5.93. The van der Waals surface area contributed by atoms with Crippen LogP contribution in [0, 0.1) is 5.92 Å². The number of hydrogen-bond acceptors (Lipinski definition) is 2. The maximum atomic E-state index is 5.46. The number of benzene rings is 1. The quantitative estimate of drug-likeness (QED) is 0.842. The molecule has 3 saturated heterocycles. The predicted molar refractivity (Wildman–Crippen MR) is 68.1 cm³/mol. The zero-order chi connectivity index (χ0) is 11.9. The molecule has 1 unspecified atom stereocenters. The van der Waals surface area contributed by atoms with E-state index in [1.54, 1.807) is 0 Å². The van der Waals surface area contributed by atoms with E-state index in [0.717, 1.165) is 23.5 Å². The van der Waals surface area contributed by atoms with Crippen molar-refractivity contribution in [2.75, 3.05) is 19.9 Å². The average molecular weight is 246 g/mol. The lowest BCUT2D eigenvalue weighted by molar-refractivity contribution is -0.941. The molecule has 96 valence electrons. The van der Waals surface area contributed by atoms with E-state index < -0.39 is 0 Å². The number of piperidine rings is 3. The summed E-state index contributed by atoms with van der Waals surface area (Å²) in [5.74, 6) is 2.83. The van der Waals surface area contributed by atoms with Crippen molar-refractivity contribution >= 4 is 0 Å². The van der Waals surface area contributed by atoms with Crippen LogP contribution >= 0.6 is 0 Å². The maximum absolute atomic E-state index is 5.46. The first-order valence-corrected chi connectivity index (χ1v) is 7.11. The minimum Gasteiger partial charge on any atom is -0.454 e. The summed E-state index contributed by atoms with van der Waals surface area (Å²) in [6.07, 6.45) is 5.52. The van der Waals surface area contributed by atoms with E-state index >= 15 is 0 Å². The van der Waals surface area contributed by atoms with Crippen LogP contribution in [0.3, 0.4) is 0 Å². The molecule has 4 aliphatic rings. The van der Waals surface area contributed by atoms with E-state index in [4.69, 9.17) is 9.47 Å². The molecule has 3 nitrogen and oxygen atoms in total. The SMILES string of the molecule is c1cc2c(cc1CC1CC3CC[NH+]1CC3)OCO2. The van der Waals surface area contributed by atoms with E-state index in [-0.39, 0.29) is 0 Å². The van der Waals surface area contributed by atoms with Gasteiger partial charge >= 0.3 is 0 Å². The first-order valence-electron chi connectivity index (χ1n) is 7.11. The van der Waals surface area contributed by atoms with Gasteiger partial charge in [0.25, 0.3) is 0 Å². The Balaban J connectivity index is 1.51. The van der Waals surface area contributed by atoms with Gasteiger partial charge in [-0.15, -0.1) is 0 Å².